The van der Waals surface area contributed by atoms with E-state index in [1.54, 1.807) is 30.3 Å². The molecule has 0 atom stereocenters. The Balaban J connectivity index is 1.60. The van der Waals surface area contributed by atoms with Crippen LogP contribution in [0.1, 0.15) is 5.56 Å². The first kappa shape index (κ1) is 23.4. The van der Waals surface area contributed by atoms with Crippen LogP contribution in [-0.4, -0.2) is 28.4 Å². The zero-order valence-corrected chi connectivity index (χ0v) is 19.6. The summed E-state index contributed by atoms with van der Waals surface area (Å²) >= 11 is 9.46. The standard InChI is InChI=1S/C23H15BrClFN4O4/c24-18-10-14(25)9-13(21(18)34-12-20(31)28-16-7-5-15(26)6-8-16)11-27-30-22(32)17-3-1-2-4-19(17)29-23(30)33/h1-11H,12H2,(H,28,31)(H,29,33). The first-order chi connectivity index (χ1) is 16.3. The molecule has 0 unspecified atom stereocenters. The minimum absolute atomic E-state index is 0.215. The van der Waals surface area contributed by atoms with Gasteiger partial charge in [-0.2, -0.15) is 5.10 Å². The fourth-order valence-corrected chi connectivity index (χ4v) is 4.02. The Morgan fingerprint density at radius 1 is 1.18 bits per heavy atom. The Bertz CT molecular complexity index is 1530. The highest BCUT2D eigenvalue weighted by atomic mass is 79.9. The first-order valence-corrected chi connectivity index (χ1v) is 10.9. The number of hydrogen-bond donors (Lipinski definition) is 2. The van der Waals surface area contributed by atoms with Crippen LogP contribution < -0.4 is 21.3 Å². The van der Waals surface area contributed by atoms with Gasteiger partial charge in [0.15, 0.2) is 6.61 Å². The molecule has 0 bridgehead atoms. The maximum atomic E-state index is 13.0. The Morgan fingerprint density at radius 2 is 1.91 bits per heavy atom. The molecule has 4 aromatic rings. The largest absolute Gasteiger partial charge is 0.482 e. The summed E-state index contributed by atoms with van der Waals surface area (Å²) in [6.45, 7) is -0.380. The number of rotatable bonds is 6. The summed E-state index contributed by atoms with van der Waals surface area (Å²) in [5.74, 6) is -0.696. The summed E-state index contributed by atoms with van der Waals surface area (Å²) in [4.78, 5) is 39.9. The molecular weight excluding hydrogens is 531 g/mol. The van der Waals surface area contributed by atoms with Crippen LogP contribution in [-0.2, 0) is 4.79 Å². The van der Waals surface area contributed by atoms with Gasteiger partial charge in [0.2, 0.25) is 0 Å². The lowest BCUT2D eigenvalue weighted by atomic mass is 10.2. The normalized spacial score (nSPS) is 11.1. The van der Waals surface area contributed by atoms with Crippen molar-refractivity contribution in [3.63, 3.8) is 0 Å². The number of halogens is 3. The van der Waals surface area contributed by atoms with Gasteiger partial charge >= 0.3 is 5.69 Å². The molecule has 4 rings (SSSR count). The molecule has 0 fully saturated rings. The molecule has 1 amide bonds. The first-order valence-electron chi connectivity index (χ1n) is 9.77. The van der Waals surface area contributed by atoms with E-state index in [0.717, 1.165) is 0 Å². The summed E-state index contributed by atoms with van der Waals surface area (Å²) < 4.78 is 19.8. The molecule has 0 radical (unpaired) electrons. The molecule has 0 spiro atoms. The summed E-state index contributed by atoms with van der Waals surface area (Å²) in [6.07, 6.45) is 1.23. The van der Waals surface area contributed by atoms with E-state index in [1.807, 2.05) is 0 Å². The van der Waals surface area contributed by atoms with Crippen LogP contribution in [0.4, 0.5) is 10.1 Å². The topological polar surface area (TPSA) is 106 Å². The van der Waals surface area contributed by atoms with Crippen LogP contribution in [0.3, 0.4) is 0 Å². The Morgan fingerprint density at radius 3 is 2.68 bits per heavy atom. The van der Waals surface area contributed by atoms with E-state index in [-0.39, 0.29) is 12.4 Å². The van der Waals surface area contributed by atoms with E-state index < -0.39 is 23.0 Å². The number of amides is 1. The minimum atomic E-state index is -0.720. The molecule has 1 aromatic heterocycles. The number of carbonyl (C=O) groups excluding carboxylic acids is 1. The molecule has 0 aliphatic rings. The van der Waals surface area contributed by atoms with Gasteiger partial charge in [0, 0.05) is 16.3 Å². The monoisotopic (exact) mass is 544 g/mol. The van der Waals surface area contributed by atoms with E-state index in [2.05, 4.69) is 31.3 Å². The average Bonchev–Trinajstić information content (AvgIpc) is 2.79. The number of carbonyl (C=O) groups is 1. The van der Waals surface area contributed by atoms with Crippen molar-refractivity contribution in [2.45, 2.75) is 0 Å². The average molecular weight is 546 g/mol. The van der Waals surface area contributed by atoms with Crippen molar-refractivity contribution in [3.05, 3.63) is 102 Å². The van der Waals surface area contributed by atoms with Crippen molar-refractivity contribution in [3.8, 4) is 5.75 Å². The maximum Gasteiger partial charge on any atom is 0.349 e. The highest BCUT2D eigenvalue weighted by Gasteiger charge is 2.13. The van der Waals surface area contributed by atoms with Crippen molar-refractivity contribution in [1.82, 2.24) is 9.66 Å². The van der Waals surface area contributed by atoms with Gasteiger partial charge < -0.3 is 15.0 Å². The number of hydrogen-bond acceptors (Lipinski definition) is 5. The lowest BCUT2D eigenvalue weighted by molar-refractivity contribution is -0.118. The highest BCUT2D eigenvalue weighted by molar-refractivity contribution is 9.10. The van der Waals surface area contributed by atoms with Crippen molar-refractivity contribution < 1.29 is 13.9 Å². The van der Waals surface area contributed by atoms with Crippen LogP contribution in [0.5, 0.6) is 5.75 Å². The Kier molecular flexibility index (Phi) is 6.90. The number of nitrogens with zero attached hydrogens (tertiary/aromatic N) is 2. The number of aromatic nitrogens is 2. The second-order valence-corrected chi connectivity index (χ2v) is 8.28. The predicted octanol–water partition coefficient (Wildman–Crippen LogP) is 4.14. The third-order valence-electron chi connectivity index (χ3n) is 4.61. The van der Waals surface area contributed by atoms with Gasteiger partial charge in [-0.1, -0.05) is 23.7 Å². The molecule has 8 nitrogen and oxygen atoms in total. The number of nitrogens with one attached hydrogen (secondary N) is 2. The van der Waals surface area contributed by atoms with Crippen LogP contribution in [0, 0.1) is 5.82 Å². The molecule has 0 aliphatic carbocycles. The number of H-pyrrole nitrogens is 1. The van der Waals surface area contributed by atoms with E-state index in [4.69, 9.17) is 16.3 Å². The van der Waals surface area contributed by atoms with Gasteiger partial charge in [-0.25, -0.2) is 9.18 Å². The van der Waals surface area contributed by atoms with E-state index in [0.29, 0.717) is 36.3 Å². The van der Waals surface area contributed by atoms with Crippen molar-refractivity contribution in [2.75, 3.05) is 11.9 Å². The highest BCUT2D eigenvalue weighted by Crippen LogP contribution is 2.32. The fraction of sp³-hybridized carbons (Fsp3) is 0.0435. The third kappa shape index (κ3) is 5.24. The molecule has 0 saturated carbocycles. The van der Waals surface area contributed by atoms with Crippen molar-refractivity contribution in [2.24, 2.45) is 5.10 Å². The quantitative estimate of drug-likeness (QED) is 0.355. The molecule has 1 heterocycles. The summed E-state index contributed by atoms with van der Waals surface area (Å²) in [6, 6.07) is 14.9. The summed E-state index contributed by atoms with van der Waals surface area (Å²) in [5.41, 5.74) is -0.207. The van der Waals surface area contributed by atoms with Gasteiger partial charge in [-0.05, 0) is 64.5 Å². The van der Waals surface area contributed by atoms with Crippen LogP contribution in [0.2, 0.25) is 5.02 Å². The zero-order valence-electron chi connectivity index (χ0n) is 17.2. The van der Waals surface area contributed by atoms with Crippen molar-refractivity contribution in [1.29, 1.82) is 0 Å². The lowest BCUT2D eigenvalue weighted by Gasteiger charge is -2.12. The van der Waals surface area contributed by atoms with Crippen molar-refractivity contribution >= 4 is 56.2 Å². The van der Waals surface area contributed by atoms with Crippen LogP contribution in [0.15, 0.2) is 79.8 Å². The number of ether oxygens (including phenoxy) is 1. The minimum Gasteiger partial charge on any atom is -0.482 e. The van der Waals surface area contributed by atoms with Gasteiger partial charge in [0.05, 0.1) is 21.6 Å². The summed E-state index contributed by atoms with van der Waals surface area (Å²) in [5, 5.41) is 7.22. The number of benzene rings is 3. The summed E-state index contributed by atoms with van der Waals surface area (Å²) in [7, 11) is 0. The third-order valence-corrected chi connectivity index (χ3v) is 5.42. The Labute approximate surface area is 204 Å². The van der Waals surface area contributed by atoms with Gasteiger partial charge in [0.25, 0.3) is 11.5 Å². The number of fused-ring (bicyclic) bond motifs is 1. The molecule has 34 heavy (non-hydrogen) atoms. The van der Waals surface area contributed by atoms with Gasteiger partial charge in [0.1, 0.15) is 11.6 Å². The second-order valence-electron chi connectivity index (χ2n) is 6.99. The predicted molar refractivity (Wildman–Crippen MR) is 131 cm³/mol. The Hall–Kier alpha value is -3.76. The molecule has 3 aromatic carbocycles. The van der Waals surface area contributed by atoms with Gasteiger partial charge in [-0.15, -0.1) is 4.68 Å². The van der Waals surface area contributed by atoms with Gasteiger partial charge in [-0.3, -0.25) is 9.59 Å². The van der Waals surface area contributed by atoms with Crippen LogP contribution in [0.25, 0.3) is 10.9 Å². The smallest absolute Gasteiger partial charge is 0.349 e. The lowest BCUT2D eigenvalue weighted by Crippen LogP contribution is -2.32. The molecule has 11 heteroatoms. The van der Waals surface area contributed by atoms with E-state index >= 15 is 0 Å². The molecule has 0 aliphatic heterocycles. The van der Waals surface area contributed by atoms with E-state index in [1.165, 1.54) is 36.5 Å². The van der Waals surface area contributed by atoms with Crippen LogP contribution >= 0.6 is 27.5 Å². The molecule has 0 saturated heterocycles. The fourth-order valence-electron chi connectivity index (χ4n) is 3.07. The van der Waals surface area contributed by atoms with E-state index in [9.17, 15) is 18.8 Å². The molecule has 2 N–H and O–H groups in total. The molecular formula is C23H15BrClFN4O4. The zero-order chi connectivity index (χ0) is 24.2. The number of para-hydroxylation sites is 1. The molecule has 172 valence electrons. The second kappa shape index (κ2) is 10.0. The SMILES string of the molecule is O=C(COc1c(Br)cc(Cl)cc1C=Nn1c(=O)[nH]c2ccccc2c1=O)Nc1ccc(F)cc1. The maximum absolute atomic E-state index is 13.0. The number of anilines is 1. The number of aromatic amines is 1.